The summed E-state index contributed by atoms with van der Waals surface area (Å²) in [6.45, 7) is 4.82. The average Bonchev–Trinajstić information content (AvgIpc) is 3.06. The Morgan fingerprint density at radius 2 is 1.75 bits per heavy atom. The zero-order chi connectivity index (χ0) is 23.4. The third kappa shape index (κ3) is 5.08. The van der Waals surface area contributed by atoms with Gasteiger partial charge in [0.1, 0.15) is 5.82 Å². The first kappa shape index (κ1) is 23.3. The zero-order valence-corrected chi connectivity index (χ0v) is 18.8. The fourth-order valence-electron chi connectivity index (χ4n) is 3.36. The summed E-state index contributed by atoms with van der Waals surface area (Å²) in [5.41, 5.74) is 8.36. The second kappa shape index (κ2) is 9.82. The number of rotatable bonds is 8. The van der Waals surface area contributed by atoms with Crippen molar-refractivity contribution in [2.75, 3.05) is 12.4 Å². The minimum Gasteiger partial charge on any atom is -0.454 e. The number of benzene rings is 2. The number of halogens is 1. The van der Waals surface area contributed by atoms with Gasteiger partial charge in [0.2, 0.25) is 11.7 Å². The molecule has 3 aromatic rings. The molecule has 32 heavy (non-hydrogen) atoms. The van der Waals surface area contributed by atoms with E-state index in [1.54, 1.807) is 60.9 Å². The highest BCUT2D eigenvalue weighted by atomic mass is 32.2. The van der Waals surface area contributed by atoms with E-state index in [1.807, 2.05) is 6.92 Å². The number of carbonyl (C=O) groups excluding carboxylic acids is 3. The fourth-order valence-corrected chi connectivity index (χ4v) is 4.14. The monoisotopic (exact) mass is 454 g/mol. The lowest BCUT2D eigenvalue weighted by Crippen LogP contribution is -2.16. The van der Waals surface area contributed by atoms with Crippen molar-refractivity contribution < 1.29 is 23.5 Å². The first-order valence-electron chi connectivity index (χ1n) is 9.85. The Bertz CT molecular complexity index is 1200. The highest BCUT2D eigenvalue weighted by molar-refractivity contribution is 8.00. The van der Waals surface area contributed by atoms with Crippen LogP contribution in [0.3, 0.4) is 0 Å². The molecule has 0 fully saturated rings. The molecule has 0 aliphatic carbocycles. The van der Waals surface area contributed by atoms with E-state index in [4.69, 9.17) is 10.5 Å². The minimum absolute atomic E-state index is 0.0226. The topological polar surface area (TPSA) is 91.4 Å². The van der Waals surface area contributed by atoms with Gasteiger partial charge in [-0.15, -0.1) is 11.8 Å². The quantitative estimate of drug-likeness (QED) is 0.314. The number of carbonyl (C=O) groups is 3. The summed E-state index contributed by atoms with van der Waals surface area (Å²) >= 11 is 1.13. The van der Waals surface area contributed by atoms with Crippen molar-refractivity contribution in [1.82, 2.24) is 4.57 Å². The predicted octanol–water partition coefficient (Wildman–Crippen LogP) is 4.16. The standard InChI is InChI=1S/C24H23FN2O4S/c1-14-8-9-17(11-20(14)25)27-15(2)10-19(16(27)3)21(28)12-31-24(30)18-6-4-5-7-22(18)32-13-23(26)29/h4-11H,12-13H2,1-3H3,(H2,26,29). The van der Waals surface area contributed by atoms with E-state index in [0.717, 1.165) is 17.5 Å². The Kier molecular flexibility index (Phi) is 7.15. The molecule has 6 nitrogen and oxygen atoms in total. The summed E-state index contributed by atoms with van der Waals surface area (Å²) in [4.78, 5) is 36.9. The molecule has 1 aromatic heterocycles. The van der Waals surface area contributed by atoms with E-state index in [9.17, 15) is 18.8 Å². The number of hydrogen-bond acceptors (Lipinski definition) is 5. The van der Waals surface area contributed by atoms with Crippen molar-refractivity contribution >= 4 is 29.4 Å². The van der Waals surface area contributed by atoms with Crippen molar-refractivity contribution in [3.8, 4) is 5.69 Å². The third-order valence-electron chi connectivity index (χ3n) is 4.96. The Morgan fingerprint density at radius 3 is 2.44 bits per heavy atom. The third-order valence-corrected chi connectivity index (χ3v) is 6.05. The molecule has 2 aromatic carbocycles. The van der Waals surface area contributed by atoms with Crippen LogP contribution in [0.1, 0.15) is 37.7 Å². The van der Waals surface area contributed by atoms with Crippen LogP contribution in [0.4, 0.5) is 4.39 Å². The van der Waals surface area contributed by atoms with E-state index in [-0.39, 0.29) is 22.9 Å². The van der Waals surface area contributed by atoms with Crippen molar-refractivity contribution in [3.63, 3.8) is 0 Å². The van der Waals surface area contributed by atoms with Gasteiger partial charge in [-0.2, -0.15) is 0 Å². The van der Waals surface area contributed by atoms with Gasteiger partial charge in [-0.3, -0.25) is 9.59 Å². The zero-order valence-electron chi connectivity index (χ0n) is 18.0. The lowest BCUT2D eigenvalue weighted by Gasteiger charge is -2.11. The molecule has 3 rings (SSSR count). The summed E-state index contributed by atoms with van der Waals surface area (Å²) in [5.74, 6) is -1.84. The van der Waals surface area contributed by atoms with Crippen molar-refractivity contribution in [2.24, 2.45) is 5.73 Å². The smallest absolute Gasteiger partial charge is 0.339 e. The van der Waals surface area contributed by atoms with Crippen LogP contribution in [-0.2, 0) is 9.53 Å². The number of ether oxygens (including phenoxy) is 1. The Balaban J connectivity index is 1.76. The number of esters is 1. The molecule has 0 aliphatic rings. The molecule has 2 N–H and O–H groups in total. The van der Waals surface area contributed by atoms with Crippen molar-refractivity contribution in [1.29, 1.82) is 0 Å². The first-order valence-corrected chi connectivity index (χ1v) is 10.8. The Labute approximate surface area is 189 Å². The fraction of sp³-hybridized carbons (Fsp3) is 0.208. The minimum atomic E-state index is -0.666. The largest absolute Gasteiger partial charge is 0.454 e. The highest BCUT2D eigenvalue weighted by Crippen LogP contribution is 2.25. The maximum atomic E-state index is 14.0. The average molecular weight is 455 g/mol. The number of primary amides is 1. The van der Waals surface area contributed by atoms with Crippen LogP contribution in [0.5, 0.6) is 0 Å². The van der Waals surface area contributed by atoms with E-state index < -0.39 is 18.5 Å². The van der Waals surface area contributed by atoms with Gasteiger partial charge in [0.15, 0.2) is 6.61 Å². The Morgan fingerprint density at radius 1 is 1.03 bits per heavy atom. The van der Waals surface area contributed by atoms with E-state index in [2.05, 4.69) is 0 Å². The summed E-state index contributed by atoms with van der Waals surface area (Å²) < 4.78 is 21.1. The molecule has 0 spiro atoms. The summed E-state index contributed by atoms with van der Waals surface area (Å²) in [7, 11) is 0. The number of thioether (sulfide) groups is 1. The number of hydrogen-bond donors (Lipinski definition) is 1. The van der Waals surface area contributed by atoms with Gasteiger partial charge in [0, 0.05) is 27.5 Å². The van der Waals surface area contributed by atoms with Gasteiger partial charge in [0.05, 0.1) is 11.3 Å². The summed E-state index contributed by atoms with van der Waals surface area (Å²) in [6, 6.07) is 13.2. The molecule has 1 heterocycles. The molecule has 0 saturated heterocycles. The molecule has 0 aliphatic heterocycles. The molecule has 0 atom stereocenters. The van der Waals surface area contributed by atoms with Gasteiger partial charge >= 0.3 is 5.97 Å². The lowest BCUT2D eigenvalue weighted by atomic mass is 10.1. The summed E-state index contributed by atoms with van der Waals surface area (Å²) in [6.07, 6.45) is 0. The maximum absolute atomic E-state index is 14.0. The predicted molar refractivity (Wildman–Crippen MR) is 121 cm³/mol. The first-order chi connectivity index (χ1) is 15.2. The number of Topliss-reactive ketones (excluding diaryl/α,β-unsaturated/α-hetero) is 1. The number of nitrogens with two attached hydrogens (primary N) is 1. The van der Waals surface area contributed by atoms with Gasteiger partial charge in [-0.1, -0.05) is 18.2 Å². The number of aryl methyl sites for hydroxylation is 2. The second-order valence-electron chi connectivity index (χ2n) is 7.30. The van der Waals surface area contributed by atoms with Crippen LogP contribution in [0.25, 0.3) is 5.69 Å². The number of ketones is 1. The molecular formula is C24H23FN2O4S. The van der Waals surface area contributed by atoms with Crippen LogP contribution in [-0.4, -0.2) is 34.6 Å². The summed E-state index contributed by atoms with van der Waals surface area (Å²) in [5, 5.41) is 0. The van der Waals surface area contributed by atoms with Crippen LogP contribution < -0.4 is 5.73 Å². The van der Waals surface area contributed by atoms with E-state index >= 15 is 0 Å². The van der Waals surface area contributed by atoms with Gasteiger partial charge < -0.3 is 15.0 Å². The van der Waals surface area contributed by atoms with Crippen LogP contribution >= 0.6 is 11.8 Å². The maximum Gasteiger partial charge on any atom is 0.339 e. The Hall–Kier alpha value is -3.39. The number of aromatic nitrogens is 1. The second-order valence-corrected chi connectivity index (χ2v) is 8.32. The van der Waals surface area contributed by atoms with Crippen molar-refractivity contribution in [2.45, 2.75) is 25.7 Å². The molecule has 1 amide bonds. The number of amides is 1. The molecule has 8 heteroatoms. The van der Waals surface area contributed by atoms with Gasteiger partial charge in [0.25, 0.3) is 0 Å². The van der Waals surface area contributed by atoms with Gasteiger partial charge in [-0.05, 0) is 56.7 Å². The molecule has 0 bridgehead atoms. The normalized spacial score (nSPS) is 10.8. The van der Waals surface area contributed by atoms with E-state index in [0.29, 0.717) is 27.4 Å². The molecule has 166 valence electrons. The highest BCUT2D eigenvalue weighted by Gasteiger charge is 2.20. The van der Waals surface area contributed by atoms with Crippen LogP contribution in [0, 0.1) is 26.6 Å². The molecular weight excluding hydrogens is 431 g/mol. The molecule has 0 saturated carbocycles. The lowest BCUT2D eigenvalue weighted by molar-refractivity contribution is -0.115. The van der Waals surface area contributed by atoms with E-state index in [1.165, 1.54) is 6.07 Å². The van der Waals surface area contributed by atoms with Crippen molar-refractivity contribution in [3.05, 3.63) is 82.4 Å². The number of nitrogens with zero attached hydrogens (tertiary/aromatic N) is 1. The van der Waals surface area contributed by atoms with Gasteiger partial charge in [-0.25, -0.2) is 9.18 Å². The molecule has 0 radical (unpaired) electrons. The molecule has 0 unspecified atom stereocenters. The SMILES string of the molecule is Cc1ccc(-n2c(C)cc(C(=O)COC(=O)c3ccccc3SCC(N)=O)c2C)cc1F. The van der Waals surface area contributed by atoms with Crippen LogP contribution in [0.2, 0.25) is 0 Å². The van der Waals surface area contributed by atoms with Crippen LogP contribution in [0.15, 0.2) is 53.4 Å².